The van der Waals surface area contributed by atoms with Gasteiger partial charge in [0.15, 0.2) is 0 Å². The van der Waals surface area contributed by atoms with Gasteiger partial charge in [0.25, 0.3) is 0 Å². The monoisotopic (exact) mass is 251 g/mol. The highest BCUT2D eigenvalue weighted by Gasteiger charge is 2.17. The van der Waals surface area contributed by atoms with E-state index in [-0.39, 0.29) is 0 Å². The van der Waals surface area contributed by atoms with Gasteiger partial charge in [-0.1, -0.05) is 0 Å². The summed E-state index contributed by atoms with van der Waals surface area (Å²) < 4.78 is 0.643. The molecule has 0 spiro atoms. The van der Waals surface area contributed by atoms with Crippen molar-refractivity contribution in [3.05, 3.63) is 22.4 Å². The topological polar surface area (TPSA) is 39.9 Å². The summed E-state index contributed by atoms with van der Waals surface area (Å²) in [7, 11) is 0. The Bertz CT molecular complexity index is 377. The summed E-state index contributed by atoms with van der Waals surface area (Å²) in [5.74, 6) is 0. The van der Waals surface area contributed by atoms with E-state index in [9.17, 15) is 0 Å². The largest absolute Gasteiger partial charge is 0.370 e. The summed E-state index contributed by atoms with van der Waals surface area (Å²) in [5.41, 5.74) is 1.65. The van der Waals surface area contributed by atoms with Crippen LogP contribution >= 0.6 is 15.9 Å². The maximum absolute atomic E-state index is 9.01. The van der Waals surface area contributed by atoms with Crippen molar-refractivity contribution in [2.24, 2.45) is 0 Å². The van der Waals surface area contributed by atoms with Crippen molar-refractivity contribution < 1.29 is 0 Å². The lowest BCUT2D eigenvalue weighted by Crippen LogP contribution is -2.19. The van der Waals surface area contributed by atoms with Gasteiger partial charge in [-0.3, -0.25) is 0 Å². The van der Waals surface area contributed by atoms with E-state index in [1.54, 1.807) is 6.20 Å². The second kappa shape index (κ2) is 3.97. The van der Waals surface area contributed by atoms with Crippen LogP contribution in [0.25, 0.3) is 0 Å². The number of nitriles is 1. The van der Waals surface area contributed by atoms with Gasteiger partial charge >= 0.3 is 0 Å². The number of pyridine rings is 1. The van der Waals surface area contributed by atoms with Crippen molar-refractivity contribution in [1.82, 2.24) is 4.98 Å². The Balaban J connectivity index is 2.42. The minimum atomic E-state index is 0.643. The molecule has 1 saturated heterocycles. The first-order valence-electron chi connectivity index (χ1n) is 4.62. The first-order chi connectivity index (χ1) is 6.83. The molecule has 0 amide bonds. The molecule has 72 valence electrons. The lowest BCUT2D eigenvalue weighted by molar-refractivity contribution is 0.949. The van der Waals surface area contributed by atoms with Gasteiger partial charge in [-0.2, -0.15) is 5.26 Å². The number of aromatic nitrogens is 1. The van der Waals surface area contributed by atoms with Gasteiger partial charge in [0.2, 0.25) is 0 Å². The van der Waals surface area contributed by atoms with Crippen molar-refractivity contribution in [3.8, 4) is 6.07 Å². The third-order valence-corrected chi connectivity index (χ3v) is 3.04. The number of hydrogen-bond acceptors (Lipinski definition) is 3. The lowest BCUT2D eigenvalue weighted by atomic mass is 10.2. The van der Waals surface area contributed by atoms with E-state index in [4.69, 9.17) is 5.26 Å². The van der Waals surface area contributed by atoms with Gasteiger partial charge in [0, 0.05) is 19.3 Å². The van der Waals surface area contributed by atoms with Gasteiger partial charge in [-0.05, 0) is 34.8 Å². The Kier molecular flexibility index (Phi) is 2.69. The van der Waals surface area contributed by atoms with E-state index >= 15 is 0 Å². The van der Waals surface area contributed by atoms with Crippen molar-refractivity contribution in [1.29, 1.82) is 5.26 Å². The predicted octanol–water partition coefficient (Wildman–Crippen LogP) is 2.32. The molecule has 3 nitrogen and oxygen atoms in total. The predicted molar refractivity (Wildman–Crippen MR) is 58.1 cm³/mol. The molecule has 0 radical (unpaired) electrons. The fourth-order valence-corrected chi connectivity index (χ4v) is 2.16. The standard InChI is InChI=1S/C10H10BrN3/c11-10-8(7-12)9(3-4-13-10)14-5-1-2-6-14/h3-4H,1-2,5-6H2. The Morgan fingerprint density at radius 2 is 2.14 bits per heavy atom. The summed E-state index contributed by atoms with van der Waals surface area (Å²) >= 11 is 3.29. The van der Waals surface area contributed by atoms with E-state index in [1.807, 2.05) is 6.07 Å². The molecule has 1 aromatic rings. The van der Waals surface area contributed by atoms with Crippen LogP contribution in [0.15, 0.2) is 16.9 Å². The number of hydrogen-bond donors (Lipinski definition) is 0. The summed E-state index contributed by atoms with van der Waals surface area (Å²) in [6.45, 7) is 2.09. The van der Waals surface area contributed by atoms with Gasteiger partial charge in [0.1, 0.15) is 16.2 Å². The smallest absolute Gasteiger partial charge is 0.125 e. The average Bonchev–Trinajstić information content (AvgIpc) is 2.70. The molecule has 1 aliphatic rings. The molecule has 1 fully saturated rings. The maximum atomic E-state index is 9.01. The van der Waals surface area contributed by atoms with E-state index in [1.165, 1.54) is 12.8 Å². The van der Waals surface area contributed by atoms with Crippen LogP contribution in [0.2, 0.25) is 0 Å². The van der Waals surface area contributed by atoms with Crippen molar-refractivity contribution >= 4 is 21.6 Å². The van der Waals surface area contributed by atoms with Crippen LogP contribution in [-0.2, 0) is 0 Å². The summed E-state index contributed by atoms with van der Waals surface area (Å²) in [6.07, 6.45) is 4.16. The summed E-state index contributed by atoms with van der Waals surface area (Å²) in [6, 6.07) is 4.10. The Morgan fingerprint density at radius 1 is 1.43 bits per heavy atom. The molecule has 14 heavy (non-hydrogen) atoms. The number of anilines is 1. The third kappa shape index (κ3) is 1.60. The highest BCUT2D eigenvalue weighted by Crippen LogP contribution is 2.27. The van der Waals surface area contributed by atoms with Crippen LogP contribution in [0.4, 0.5) is 5.69 Å². The van der Waals surface area contributed by atoms with Crippen molar-refractivity contribution in [2.75, 3.05) is 18.0 Å². The van der Waals surface area contributed by atoms with Crippen LogP contribution in [0.5, 0.6) is 0 Å². The third-order valence-electron chi connectivity index (χ3n) is 2.44. The zero-order valence-corrected chi connectivity index (χ0v) is 9.29. The molecule has 1 aromatic heterocycles. The first-order valence-corrected chi connectivity index (χ1v) is 5.42. The van der Waals surface area contributed by atoms with Gasteiger partial charge in [-0.15, -0.1) is 0 Å². The van der Waals surface area contributed by atoms with Crippen LogP contribution < -0.4 is 4.90 Å². The highest BCUT2D eigenvalue weighted by atomic mass is 79.9. The fourth-order valence-electron chi connectivity index (χ4n) is 1.75. The summed E-state index contributed by atoms with van der Waals surface area (Å²) in [4.78, 5) is 6.29. The second-order valence-corrected chi connectivity index (χ2v) is 4.05. The molecule has 0 unspecified atom stereocenters. The van der Waals surface area contributed by atoms with E-state index in [0.29, 0.717) is 10.2 Å². The maximum Gasteiger partial charge on any atom is 0.125 e. The molecule has 0 aliphatic carbocycles. The molecule has 0 atom stereocenters. The zero-order chi connectivity index (χ0) is 9.97. The minimum absolute atomic E-state index is 0.643. The molecular formula is C10H10BrN3. The quantitative estimate of drug-likeness (QED) is 0.720. The minimum Gasteiger partial charge on any atom is -0.370 e. The molecule has 2 heterocycles. The Hall–Kier alpha value is -1.08. The molecule has 0 aromatic carbocycles. The first kappa shape index (κ1) is 9.47. The van der Waals surface area contributed by atoms with E-state index < -0.39 is 0 Å². The SMILES string of the molecule is N#Cc1c(N2CCCC2)ccnc1Br. The van der Waals surface area contributed by atoms with Crippen molar-refractivity contribution in [2.45, 2.75) is 12.8 Å². The number of rotatable bonds is 1. The molecule has 2 rings (SSSR count). The highest BCUT2D eigenvalue weighted by molar-refractivity contribution is 9.10. The lowest BCUT2D eigenvalue weighted by Gasteiger charge is -2.18. The number of halogens is 1. The average molecular weight is 252 g/mol. The Labute approximate surface area is 91.5 Å². The molecule has 0 bridgehead atoms. The molecule has 0 N–H and O–H groups in total. The molecule has 1 aliphatic heterocycles. The normalized spacial score (nSPS) is 15.6. The van der Waals surface area contributed by atoms with Crippen LogP contribution in [0.1, 0.15) is 18.4 Å². The second-order valence-electron chi connectivity index (χ2n) is 3.30. The fraction of sp³-hybridized carbons (Fsp3) is 0.400. The molecule has 0 saturated carbocycles. The van der Waals surface area contributed by atoms with Crippen LogP contribution in [0.3, 0.4) is 0 Å². The van der Waals surface area contributed by atoms with Gasteiger partial charge < -0.3 is 4.90 Å². The number of nitrogens with zero attached hydrogens (tertiary/aromatic N) is 3. The Morgan fingerprint density at radius 3 is 2.79 bits per heavy atom. The molecular weight excluding hydrogens is 242 g/mol. The van der Waals surface area contributed by atoms with Gasteiger partial charge in [-0.25, -0.2) is 4.98 Å². The van der Waals surface area contributed by atoms with E-state index in [0.717, 1.165) is 18.8 Å². The van der Waals surface area contributed by atoms with Gasteiger partial charge in [0.05, 0.1) is 5.69 Å². The van der Waals surface area contributed by atoms with Crippen LogP contribution in [-0.4, -0.2) is 18.1 Å². The molecule has 4 heteroatoms. The van der Waals surface area contributed by atoms with E-state index in [2.05, 4.69) is 31.9 Å². The summed E-state index contributed by atoms with van der Waals surface area (Å²) in [5, 5.41) is 9.01. The van der Waals surface area contributed by atoms with Crippen molar-refractivity contribution in [3.63, 3.8) is 0 Å². The zero-order valence-electron chi connectivity index (χ0n) is 7.70. The van der Waals surface area contributed by atoms with Crippen LogP contribution in [0, 0.1) is 11.3 Å².